The minimum atomic E-state index is -0.745. The van der Waals surface area contributed by atoms with Gasteiger partial charge in [-0.2, -0.15) is 0 Å². The predicted molar refractivity (Wildman–Crippen MR) is 129 cm³/mol. The second-order valence-electron chi connectivity index (χ2n) is 11.5. The van der Waals surface area contributed by atoms with Crippen molar-refractivity contribution in [3.63, 3.8) is 0 Å². The first-order valence-corrected chi connectivity index (χ1v) is 12.8. The van der Waals surface area contributed by atoms with Crippen molar-refractivity contribution in [1.82, 2.24) is 30.2 Å². The van der Waals surface area contributed by atoms with E-state index >= 15 is 0 Å². The summed E-state index contributed by atoms with van der Waals surface area (Å²) in [6.45, 7) is 6.10. The van der Waals surface area contributed by atoms with Crippen molar-refractivity contribution in [3.05, 3.63) is 42.0 Å². The van der Waals surface area contributed by atoms with Gasteiger partial charge >= 0.3 is 0 Å². The Morgan fingerprint density at radius 2 is 1.94 bits per heavy atom. The van der Waals surface area contributed by atoms with Crippen LogP contribution in [0.2, 0.25) is 0 Å². The number of rotatable bonds is 7. The summed E-state index contributed by atoms with van der Waals surface area (Å²) in [6.07, 6.45) is 8.52. The van der Waals surface area contributed by atoms with Gasteiger partial charge in [-0.15, -0.1) is 5.10 Å². The predicted octanol–water partition coefficient (Wildman–Crippen LogP) is 2.76. The lowest BCUT2D eigenvalue weighted by Crippen LogP contribution is -2.51. The maximum atomic E-state index is 13.9. The maximum absolute atomic E-state index is 13.9. The number of carbonyl (C=O) groups is 2. The minimum absolute atomic E-state index is 0.130. The summed E-state index contributed by atoms with van der Waals surface area (Å²) in [4.78, 5) is 33.5. The average Bonchev–Trinajstić information content (AvgIpc) is 3.39. The van der Waals surface area contributed by atoms with Crippen molar-refractivity contribution < 1.29 is 14.7 Å². The van der Waals surface area contributed by atoms with Gasteiger partial charge in [0, 0.05) is 31.3 Å². The van der Waals surface area contributed by atoms with Crippen LogP contribution >= 0.6 is 0 Å². The highest BCUT2D eigenvalue weighted by Gasteiger charge is 2.46. The van der Waals surface area contributed by atoms with Crippen LogP contribution < -0.4 is 5.32 Å². The molecule has 2 aromatic rings. The normalized spacial score (nSPS) is 24.6. The number of carbonyl (C=O) groups excluding carboxylic acids is 2. The highest BCUT2D eigenvalue weighted by atomic mass is 16.3. The lowest BCUT2D eigenvalue weighted by Gasteiger charge is -2.37. The van der Waals surface area contributed by atoms with E-state index in [9.17, 15) is 14.7 Å². The summed E-state index contributed by atoms with van der Waals surface area (Å²) < 4.78 is 1.65. The average molecular weight is 481 g/mol. The first kappa shape index (κ1) is 23.9. The van der Waals surface area contributed by atoms with Crippen molar-refractivity contribution >= 4 is 11.8 Å². The number of nitrogens with zero attached hydrogens (tertiary/aromatic N) is 5. The highest BCUT2D eigenvalue weighted by molar-refractivity contribution is 5.90. The molecule has 0 bridgehead atoms. The smallest absolute Gasteiger partial charge is 0.248 e. The standard InChI is InChI=1S/C26H36N6O3/c1-26(2,3)23(32-15-20(29-30-32)16-10-11-16)25(35)31-14-18(33)13-21(31)24(34)28-22(17-7-6-8-17)19-9-4-5-12-27-19/h4-5,9,12,15-18,21-23,33H,6-8,10-11,13-14H2,1-3H3,(H,28,34)/t18-,21+,22?,23+/m1/s1. The molecule has 1 unspecified atom stereocenters. The SMILES string of the molecule is CC(C)(C)[C@H](C(=O)N1C[C@H](O)C[C@H]1C(=O)NC(c1ccccn1)C1CCC1)n1cc(C2CC2)nn1. The lowest BCUT2D eigenvalue weighted by molar-refractivity contribution is -0.144. The quantitative estimate of drug-likeness (QED) is 0.630. The topological polar surface area (TPSA) is 113 Å². The molecule has 0 radical (unpaired) electrons. The molecule has 3 heterocycles. The van der Waals surface area contributed by atoms with E-state index in [1.54, 1.807) is 15.8 Å². The van der Waals surface area contributed by atoms with Gasteiger partial charge in [0.15, 0.2) is 0 Å². The van der Waals surface area contributed by atoms with Crippen molar-refractivity contribution in [2.45, 2.75) is 89.4 Å². The third kappa shape index (κ3) is 4.96. The van der Waals surface area contributed by atoms with Crippen molar-refractivity contribution in [3.8, 4) is 0 Å². The Morgan fingerprint density at radius 1 is 1.17 bits per heavy atom. The third-order valence-electron chi connectivity index (χ3n) is 7.63. The molecule has 2 N–H and O–H groups in total. The fourth-order valence-electron chi connectivity index (χ4n) is 5.34. The number of nitrogens with one attached hydrogen (secondary N) is 1. The molecule has 2 aliphatic carbocycles. The van der Waals surface area contributed by atoms with Crippen LogP contribution in [0.15, 0.2) is 30.6 Å². The Bertz CT molecular complexity index is 1060. The Morgan fingerprint density at radius 3 is 2.54 bits per heavy atom. The number of aliphatic hydroxyl groups excluding tert-OH is 1. The van der Waals surface area contributed by atoms with Gasteiger partial charge in [0.05, 0.1) is 23.5 Å². The van der Waals surface area contributed by atoms with E-state index in [0.717, 1.165) is 43.5 Å². The molecule has 188 valence electrons. The fraction of sp³-hybridized carbons (Fsp3) is 0.654. The molecule has 4 atom stereocenters. The summed E-state index contributed by atoms with van der Waals surface area (Å²) in [7, 11) is 0. The van der Waals surface area contributed by atoms with Gasteiger partial charge in [-0.1, -0.05) is 38.5 Å². The molecule has 5 rings (SSSR count). The minimum Gasteiger partial charge on any atom is -0.391 e. The molecular formula is C26H36N6O3. The van der Waals surface area contributed by atoms with Gasteiger partial charge in [-0.3, -0.25) is 14.6 Å². The highest BCUT2D eigenvalue weighted by Crippen LogP contribution is 2.41. The van der Waals surface area contributed by atoms with Gasteiger partial charge in [0.1, 0.15) is 12.1 Å². The van der Waals surface area contributed by atoms with E-state index < -0.39 is 23.6 Å². The molecule has 2 aromatic heterocycles. The van der Waals surface area contributed by atoms with Gasteiger partial charge in [0.2, 0.25) is 11.8 Å². The van der Waals surface area contributed by atoms with Gasteiger partial charge in [-0.05, 0) is 49.1 Å². The fourth-order valence-corrected chi connectivity index (χ4v) is 5.34. The zero-order valence-electron chi connectivity index (χ0n) is 20.8. The lowest BCUT2D eigenvalue weighted by atomic mass is 9.78. The van der Waals surface area contributed by atoms with Crippen LogP contribution in [0.3, 0.4) is 0 Å². The third-order valence-corrected chi connectivity index (χ3v) is 7.63. The second-order valence-corrected chi connectivity index (χ2v) is 11.5. The van der Waals surface area contributed by atoms with E-state index in [1.165, 1.54) is 0 Å². The molecule has 35 heavy (non-hydrogen) atoms. The van der Waals surface area contributed by atoms with Crippen molar-refractivity contribution in [2.24, 2.45) is 11.3 Å². The van der Waals surface area contributed by atoms with E-state index in [4.69, 9.17) is 0 Å². The van der Waals surface area contributed by atoms with Crippen LogP contribution in [0.4, 0.5) is 0 Å². The molecule has 1 aliphatic heterocycles. The summed E-state index contributed by atoms with van der Waals surface area (Å²) in [6, 6.07) is 4.18. The molecule has 2 saturated carbocycles. The zero-order chi connectivity index (χ0) is 24.7. The Balaban J connectivity index is 1.37. The molecule has 9 heteroatoms. The Labute approximate surface area is 206 Å². The van der Waals surface area contributed by atoms with Gasteiger partial charge in [-0.25, -0.2) is 4.68 Å². The number of amides is 2. The second kappa shape index (κ2) is 9.33. The van der Waals surface area contributed by atoms with E-state index in [1.807, 2.05) is 45.2 Å². The van der Waals surface area contributed by atoms with Crippen LogP contribution in [0, 0.1) is 11.3 Å². The summed E-state index contributed by atoms with van der Waals surface area (Å²) in [5.41, 5.74) is 1.30. The molecule has 0 aromatic carbocycles. The zero-order valence-corrected chi connectivity index (χ0v) is 20.8. The maximum Gasteiger partial charge on any atom is 0.248 e. The van der Waals surface area contributed by atoms with Crippen LogP contribution in [0.1, 0.15) is 88.7 Å². The number of β-amino-alcohol motifs (C(OH)–C–C–N with tert-alkyl or cyclic N) is 1. The molecule has 0 spiro atoms. The molecule has 1 saturated heterocycles. The first-order chi connectivity index (χ1) is 16.7. The molecule has 3 fully saturated rings. The van der Waals surface area contributed by atoms with Crippen LogP contribution in [-0.2, 0) is 9.59 Å². The number of hydrogen-bond donors (Lipinski definition) is 2. The number of pyridine rings is 1. The van der Waals surface area contributed by atoms with E-state index in [2.05, 4.69) is 20.6 Å². The number of aliphatic hydroxyl groups is 1. The largest absolute Gasteiger partial charge is 0.391 e. The first-order valence-electron chi connectivity index (χ1n) is 12.8. The Hall–Kier alpha value is -2.81. The van der Waals surface area contributed by atoms with Crippen LogP contribution in [0.5, 0.6) is 0 Å². The summed E-state index contributed by atoms with van der Waals surface area (Å²) in [5, 5.41) is 22.3. The monoisotopic (exact) mass is 480 g/mol. The van der Waals surface area contributed by atoms with Gasteiger partial charge in [0.25, 0.3) is 0 Å². The van der Waals surface area contributed by atoms with Gasteiger partial charge < -0.3 is 15.3 Å². The number of aromatic nitrogens is 4. The van der Waals surface area contributed by atoms with Crippen molar-refractivity contribution in [1.29, 1.82) is 0 Å². The number of likely N-dealkylation sites (tertiary alicyclic amines) is 1. The number of hydrogen-bond acceptors (Lipinski definition) is 6. The van der Waals surface area contributed by atoms with E-state index in [-0.39, 0.29) is 30.8 Å². The molecule has 9 nitrogen and oxygen atoms in total. The van der Waals surface area contributed by atoms with E-state index in [0.29, 0.717) is 11.8 Å². The Kier molecular flexibility index (Phi) is 6.38. The summed E-state index contributed by atoms with van der Waals surface area (Å²) in [5.74, 6) is 0.325. The van der Waals surface area contributed by atoms with Crippen LogP contribution in [-0.4, -0.2) is 60.5 Å². The molecule has 3 aliphatic rings. The molecule has 2 amide bonds. The van der Waals surface area contributed by atoms with Crippen molar-refractivity contribution in [2.75, 3.05) is 6.54 Å². The summed E-state index contributed by atoms with van der Waals surface area (Å²) >= 11 is 0. The van der Waals surface area contributed by atoms with Crippen LogP contribution in [0.25, 0.3) is 0 Å². The molecular weight excluding hydrogens is 444 g/mol.